The number of nitrogens with one attached hydrogen (secondary N) is 1. The lowest BCUT2D eigenvalue weighted by molar-refractivity contribution is 1.22. The Morgan fingerprint density at radius 2 is 1.50 bits per heavy atom. The molecule has 0 spiro atoms. The van der Waals surface area contributed by atoms with E-state index in [4.69, 9.17) is 0 Å². The van der Waals surface area contributed by atoms with Crippen LogP contribution in [0.4, 0.5) is 17.1 Å². The predicted molar refractivity (Wildman–Crippen MR) is 249 cm³/mol. The van der Waals surface area contributed by atoms with Crippen molar-refractivity contribution >= 4 is 61.5 Å². The lowest BCUT2D eigenvalue weighted by atomic mass is 9.93. The van der Waals surface area contributed by atoms with Gasteiger partial charge in [-0.15, -0.1) is 11.8 Å². The minimum atomic E-state index is 0.771. The van der Waals surface area contributed by atoms with E-state index in [1.54, 1.807) is 11.8 Å². The molecule has 276 valence electrons. The molecule has 6 aromatic rings. The van der Waals surface area contributed by atoms with Crippen LogP contribution in [0.1, 0.15) is 38.3 Å². The van der Waals surface area contributed by atoms with E-state index in [-0.39, 0.29) is 0 Å². The van der Waals surface area contributed by atoms with E-state index in [0.29, 0.717) is 0 Å². The van der Waals surface area contributed by atoms with Gasteiger partial charge in [-0.1, -0.05) is 136 Å². The first kappa shape index (κ1) is 38.0. The maximum atomic E-state index is 4.48. The number of anilines is 3. The lowest BCUT2D eigenvalue weighted by Gasteiger charge is -2.25. The summed E-state index contributed by atoms with van der Waals surface area (Å²) in [5.74, 6) is 0. The molecule has 1 aliphatic carbocycles. The molecule has 2 aliphatic rings. The summed E-state index contributed by atoms with van der Waals surface area (Å²) in [6.07, 6.45) is 21.6. The Hall–Kier alpha value is -6.29. The van der Waals surface area contributed by atoms with E-state index in [0.717, 1.165) is 34.6 Å². The number of rotatable bonds is 9. The molecule has 0 unspecified atom stereocenters. The molecule has 0 bridgehead atoms. The van der Waals surface area contributed by atoms with E-state index in [1.807, 2.05) is 26.0 Å². The minimum absolute atomic E-state index is 0.771. The number of nitrogens with zero attached hydrogens (tertiary/aromatic N) is 1. The van der Waals surface area contributed by atoms with Crippen molar-refractivity contribution < 1.29 is 0 Å². The third kappa shape index (κ3) is 7.91. The SMILES string of the molecule is C=C/C=C\C=C(/C)C1=C(Nc2cc(SC)cc(-c3cc4ccccc4c4ccccc34)c2)CC(c2ccc3c(c2)C(=C)/C=C\C=C/N3c2ccccc2)=C1.CC. The number of fused-ring (bicyclic) bond motifs is 4. The molecule has 0 fully saturated rings. The standard InChI is InChI=1S/C51H42N2S.C2H6/c1-5-6-8-17-35(2)47-32-39(37-25-26-51-48(30-37)36(3)18-15-16-27-53(51)42-20-9-7-10-21-42)33-50(47)52-41-28-40(29-43(34-41)54-4)49-31-38-19-11-12-22-44(38)45-23-13-14-24-46(45)49;1-2/h5-32,34,52H,1,3,33H2,2,4H3;1-2H3/b8-6-,18-15-,27-16-,35-17+;. The van der Waals surface area contributed by atoms with E-state index in [1.165, 1.54) is 65.5 Å². The van der Waals surface area contributed by atoms with E-state index >= 15 is 0 Å². The van der Waals surface area contributed by atoms with Crippen molar-refractivity contribution in [3.8, 4) is 11.1 Å². The van der Waals surface area contributed by atoms with Gasteiger partial charge in [0.05, 0.1) is 5.69 Å². The molecule has 0 radical (unpaired) electrons. The highest BCUT2D eigenvalue weighted by Gasteiger charge is 2.22. The molecule has 2 nitrogen and oxygen atoms in total. The molecular formula is C53H48N2S. The van der Waals surface area contributed by atoms with Crippen LogP contribution in [0.2, 0.25) is 0 Å². The first-order valence-electron chi connectivity index (χ1n) is 19.3. The third-order valence-corrected chi connectivity index (χ3v) is 10.9. The fourth-order valence-electron chi connectivity index (χ4n) is 7.52. The highest BCUT2D eigenvalue weighted by Crippen LogP contribution is 2.42. The summed E-state index contributed by atoms with van der Waals surface area (Å²) in [5.41, 5.74) is 13.8. The van der Waals surface area contributed by atoms with Gasteiger partial charge in [-0.05, 0) is 134 Å². The van der Waals surface area contributed by atoms with Gasteiger partial charge in [-0.3, -0.25) is 0 Å². The highest BCUT2D eigenvalue weighted by atomic mass is 32.2. The second-order valence-electron chi connectivity index (χ2n) is 13.6. The summed E-state index contributed by atoms with van der Waals surface area (Å²) in [6.45, 7) is 14.5. The van der Waals surface area contributed by atoms with Crippen LogP contribution in [0, 0.1) is 0 Å². The zero-order chi connectivity index (χ0) is 39.0. The normalized spacial score (nSPS) is 15.2. The highest BCUT2D eigenvalue weighted by molar-refractivity contribution is 7.98. The summed E-state index contributed by atoms with van der Waals surface area (Å²) in [5, 5.41) is 8.99. The maximum Gasteiger partial charge on any atom is 0.0534 e. The average molecular weight is 745 g/mol. The zero-order valence-corrected chi connectivity index (χ0v) is 33.5. The fourth-order valence-corrected chi connectivity index (χ4v) is 8.01. The average Bonchev–Trinajstić information content (AvgIpc) is 3.67. The molecule has 56 heavy (non-hydrogen) atoms. The van der Waals surface area contributed by atoms with Gasteiger partial charge in [0, 0.05) is 40.2 Å². The zero-order valence-electron chi connectivity index (χ0n) is 32.7. The van der Waals surface area contributed by atoms with E-state index in [2.05, 4.69) is 201 Å². The van der Waals surface area contributed by atoms with Crippen LogP contribution < -0.4 is 10.2 Å². The van der Waals surface area contributed by atoms with Gasteiger partial charge >= 0.3 is 0 Å². The van der Waals surface area contributed by atoms with Crippen LogP contribution in [-0.2, 0) is 0 Å². The lowest BCUT2D eigenvalue weighted by Crippen LogP contribution is -2.11. The van der Waals surface area contributed by atoms with Crippen LogP contribution in [0.3, 0.4) is 0 Å². The molecule has 1 heterocycles. The molecule has 0 saturated carbocycles. The molecular weight excluding hydrogens is 697 g/mol. The smallest absolute Gasteiger partial charge is 0.0534 e. The van der Waals surface area contributed by atoms with E-state index < -0.39 is 0 Å². The minimum Gasteiger partial charge on any atom is -0.358 e. The Labute approximate surface area is 337 Å². The van der Waals surface area contributed by atoms with E-state index in [9.17, 15) is 0 Å². The molecule has 3 heteroatoms. The Kier molecular flexibility index (Phi) is 11.8. The van der Waals surface area contributed by atoms with Crippen molar-refractivity contribution in [3.05, 3.63) is 217 Å². The first-order valence-corrected chi connectivity index (χ1v) is 20.5. The fraction of sp³-hybridized carbons (Fsp3) is 0.0943. The number of para-hydroxylation sites is 1. The molecule has 0 amide bonds. The molecule has 1 N–H and O–H groups in total. The van der Waals surface area contributed by atoms with Crippen LogP contribution in [0.15, 0.2) is 211 Å². The van der Waals surface area contributed by atoms with Gasteiger partial charge in [0.2, 0.25) is 0 Å². The summed E-state index contributed by atoms with van der Waals surface area (Å²) in [4.78, 5) is 3.45. The predicted octanol–water partition coefficient (Wildman–Crippen LogP) is 15.5. The molecule has 0 saturated heterocycles. The van der Waals surface area contributed by atoms with Gasteiger partial charge in [0.1, 0.15) is 0 Å². The maximum absolute atomic E-state index is 4.48. The first-order chi connectivity index (χ1) is 27.5. The number of benzene rings is 6. The third-order valence-electron chi connectivity index (χ3n) is 10.2. The van der Waals surface area contributed by atoms with Crippen molar-refractivity contribution in [1.29, 1.82) is 0 Å². The number of allylic oxidation sites excluding steroid dienone is 12. The van der Waals surface area contributed by atoms with Crippen LogP contribution in [-0.4, -0.2) is 6.26 Å². The molecule has 6 aromatic carbocycles. The molecule has 1 aliphatic heterocycles. The second kappa shape index (κ2) is 17.5. The van der Waals surface area contributed by atoms with Gasteiger partial charge in [0.25, 0.3) is 0 Å². The molecule has 8 rings (SSSR count). The Morgan fingerprint density at radius 1 is 0.750 bits per heavy atom. The van der Waals surface area contributed by atoms with Crippen molar-refractivity contribution in [1.82, 2.24) is 0 Å². The van der Waals surface area contributed by atoms with Crippen LogP contribution in [0.5, 0.6) is 0 Å². The number of hydrogen-bond donors (Lipinski definition) is 1. The summed E-state index contributed by atoms with van der Waals surface area (Å²) < 4.78 is 0. The Morgan fingerprint density at radius 3 is 2.29 bits per heavy atom. The van der Waals surface area contributed by atoms with Gasteiger partial charge < -0.3 is 10.2 Å². The molecule has 0 atom stereocenters. The largest absolute Gasteiger partial charge is 0.358 e. The van der Waals surface area contributed by atoms with Crippen molar-refractivity contribution in [2.75, 3.05) is 16.5 Å². The van der Waals surface area contributed by atoms with Crippen molar-refractivity contribution in [2.45, 2.75) is 32.1 Å². The van der Waals surface area contributed by atoms with Gasteiger partial charge in [-0.2, -0.15) is 0 Å². The number of thioether (sulfide) groups is 1. The summed E-state index contributed by atoms with van der Waals surface area (Å²) in [6, 6.07) is 44.0. The van der Waals surface area contributed by atoms with Gasteiger partial charge in [0.15, 0.2) is 0 Å². The van der Waals surface area contributed by atoms with Crippen LogP contribution in [0.25, 0.3) is 43.8 Å². The Balaban J connectivity index is 0.00000237. The monoisotopic (exact) mass is 744 g/mol. The molecule has 0 aromatic heterocycles. The summed E-state index contributed by atoms with van der Waals surface area (Å²) in [7, 11) is 0. The van der Waals surface area contributed by atoms with Gasteiger partial charge in [-0.25, -0.2) is 0 Å². The number of hydrogen-bond acceptors (Lipinski definition) is 3. The van der Waals surface area contributed by atoms with Crippen molar-refractivity contribution in [3.63, 3.8) is 0 Å². The van der Waals surface area contributed by atoms with Crippen molar-refractivity contribution in [2.24, 2.45) is 0 Å². The second-order valence-corrected chi connectivity index (χ2v) is 14.5. The van der Waals surface area contributed by atoms with Crippen LogP contribution >= 0.6 is 11.8 Å². The Bertz CT molecular complexity index is 2630. The summed E-state index contributed by atoms with van der Waals surface area (Å²) >= 11 is 1.77. The quantitative estimate of drug-likeness (QED) is 0.0901. The topological polar surface area (TPSA) is 15.3 Å².